The minimum atomic E-state index is -0.0903. The van der Waals surface area contributed by atoms with Crippen LogP contribution in [0.15, 0.2) is 16.7 Å². The van der Waals surface area contributed by atoms with E-state index < -0.39 is 0 Å². The van der Waals surface area contributed by atoms with Crippen LogP contribution in [0.2, 0.25) is 0 Å². The minimum Gasteiger partial charge on any atom is -0.459 e. The van der Waals surface area contributed by atoms with Crippen LogP contribution in [-0.4, -0.2) is 24.9 Å². The second-order valence-electron chi connectivity index (χ2n) is 2.63. The third kappa shape index (κ3) is 1.42. The summed E-state index contributed by atoms with van der Waals surface area (Å²) < 4.78 is 5.00. The molecule has 11 heavy (non-hydrogen) atoms. The third-order valence-electron chi connectivity index (χ3n) is 1.46. The van der Waals surface area contributed by atoms with Gasteiger partial charge in [-0.3, -0.25) is 4.79 Å². The molecule has 1 heterocycles. The number of carbonyl (C=O) groups excluding carboxylic acids is 1. The van der Waals surface area contributed by atoms with Crippen LogP contribution in [-0.2, 0) is 0 Å². The first-order chi connectivity index (χ1) is 5.13. The Balaban J connectivity index is 2.93. The lowest BCUT2D eigenvalue weighted by Gasteiger charge is -2.07. The summed E-state index contributed by atoms with van der Waals surface area (Å²) in [6.07, 6.45) is 1.52. The second kappa shape index (κ2) is 2.78. The van der Waals surface area contributed by atoms with E-state index in [4.69, 9.17) is 4.42 Å². The van der Waals surface area contributed by atoms with Gasteiger partial charge in [-0.1, -0.05) is 0 Å². The lowest BCUT2D eigenvalue weighted by Crippen LogP contribution is -2.21. The molecule has 0 aliphatic carbocycles. The van der Waals surface area contributed by atoms with E-state index >= 15 is 0 Å². The van der Waals surface area contributed by atoms with E-state index in [0.29, 0.717) is 5.76 Å². The molecule has 0 atom stereocenters. The van der Waals surface area contributed by atoms with E-state index in [2.05, 4.69) is 0 Å². The highest BCUT2D eigenvalue weighted by Gasteiger charge is 2.13. The highest BCUT2D eigenvalue weighted by Crippen LogP contribution is 2.09. The zero-order valence-corrected chi connectivity index (χ0v) is 6.92. The van der Waals surface area contributed by atoms with Crippen LogP contribution >= 0.6 is 0 Å². The first-order valence-electron chi connectivity index (χ1n) is 3.38. The number of hydrogen-bond donors (Lipinski definition) is 0. The second-order valence-corrected chi connectivity index (χ2v) is 2.63. The topological polar surface area (TPSA) is 33.5 Å². The molecule has 60 valence electrons. The zero-order chi connectivity index (χ0) is 8.43. The van der Waals surface area contributed by atoms with Crippen molar-refractivity contribution in [1.82, 2.24) is 4.90 Å². The molecular formula is C8H11NO2. The van der Waals surface area contributed by atoms with Gasteiger partial charge in [0.15, 0.2) is 5.76 Å². The number of amides is 1. The molecule has 0 saturated heterocycles. The highest BCUT2D eigenvalue weighted by atomic mass is 16.3. The monoisotopic (exact) mass is 153 g/mol. The SMILES string of the molecule is Cc1ccoc1C(=O)N(C)C. The summed E-state index contributed by atoms with van der Waals surface area (Å²) in [5.74, 6) is 0.336. The van der Waals surface area contributed by atoms with Crippen molar-refractivity contribution in [3.8, 4) is 0 Å². The molecule has 0 unspecified atom stereocenters. The van der Waals surface area contributed by atoms with Gasteiger partial charge in [0.1, 0.15) is 0 Å². The van der Waals surface area contributed by atoms with E-state index in [1.54, 1.807) is 20.2 Å². The van der Waals surface area contributed by atoms with Crippen molar-refractivity contribution < 1.29 is 9.21 Å². The van der Waals surface area contributed by atoms with E-state index in [-0.39, 0.29) is 5.91 Å². The number of rotatable bonds is 1. The van der Waals surface area contributed by atoms with Gasteiger partial charge in [-0.25, -0.2) is 0 Å². The molecule has 1 aromatic rings. The van der Waals surface area contributed by atoms with Crippen molar-refractivity contribution in [3.05, 3.63) is 23.7 Å². The molecule has 3 nitrogen and oxygen atoms in total. The van der Waals surface area contributed by atoms with Crippen molar-refractivity contribution in [2.45, 2.75) is 6.92 Å². The lowest BCUT2D eigenvalue weighted by atomic mass is 10.2. The molecule has 1 amide bonds. The van der Waals surface area contributed by atoms with Gasteiger partial charge in [-0.2, -0.15) is 0 Å². The van der Waals surface area contributed by atoms with Crippen LogP contribution < -0.4 is 0 Å². The van der Waals surface area contributed by atoms with Crippen molar-refractivity contribution in [2.75, 3.05) is 14.1 Å². The molecule has 0 bridgehead atoms. The first kappa shape index (κ1) is 7.85. The van der Waals surface area contributed by atoms with E-state index in [1.807, 2.05) is 6.92 Å². The molecular weight excluding hydrogens is 142 g/mol. The first-order valence-corrected chi connectivity index (χ1v) is 3.38. The van der Waals surface area contributed by atoms with E-state index in [0.717, 1.165) is 5.56 Å². The standard InChI is InChI=1S/C8H11NO2/c1-6-4-5-11-7(6)8(10)9(2)3/h4-5H,1-3H3. The molecule has 3 heteroatoms. The Morgan fingerprint density at radius 3 is 2.55 bits per heavy atom. The van der Waals surface area contributed by atoms with Crippen molar-refractivity contribution in [2.24, 2.45) is 0 Å². The van der Waals surface area contributed by atoms with Gasteiger partial charge in [0.2, 0.25) is 0 Å². The minimum absolute atomic E-state index is 0.0903. The summed E-state index contributed by atoms with van der Waals surface area (Å²) in [4.78, 5) is 12.8. The predicted molar refractivity (Wildman–Crippen MR) is 41.5 cm³/mol. The maximum absolute atomic E-state index is 11.3. The molecule has 0 radical (unpaired) electrons. The molecule has 0 spiro atoms. The van der Waals surface area contributed by atoms with Crippen LogP contribution in [0.5, 0.6) is 0 Å². The summed E-state index contributed by atoms with van der Waals surface area (Å²) in [6.45, 7) is 1.85. The summed E-state index contributed by atoms with van der Waals surface area (Å²) in [6, 6.07) is 1.77. The quantitative estimate of drug-likeness (QED) is 0.609. The Hall–Kier alpha value is -1.25. The van der Waals surface area contributed by atoms with Gasteiger partial charge in [0.05, 0.1) is 6.26 Å². The Kier molecular flexibility index (Phi) is 1.98. The largest absolute Gasteiger partial charge is 0.459 e. The van der Waals surface area contributed by atoms with Crippen LogP contribution in [0, 0.1) is 6.92 Å². The number of nitrogens with zero attached hydrogens (tertiary/aromatic N) is 1. The Morgan fingerprint density at radius 1 is 1.55 bits per heavy atom. The average molecular weight is 153 g/mol. The summed E-state index contributed by atoms with van der Waals surface area (Å²) in [5, 5.41) is 0. The van der Waals surface area contributed by atoms with Crippen molar-refractivity contribution in [1.29, 1.82) is 0 Å². The Labute approximate surface area is 65.6 Å². The summed E-state index contributed by atoms with van der Waals surface area (Å²) in [7, 11) is 3.40. The summed E-state index contributed by atoms with van der Waals surface area (Å²) in [5.41, 5.74) is 0.878. The van der Waals surface area contributed by atoms with Crippen LogP contribution in [0.3, 0.4) is 0 Å². The maximum atomic E-state index is 11.3. The number of furan rings is 1. The Bertz CT molecular complexity index is 263. The Morgan fingerprint density at radius 2 is 2.18 bits per heavy atom. The molecule has 0 aliphatic rings. The van der Waals surface area contributed by atoms with Gasteiger partial charge in [0.25, 0.3) is 5.91 Å². The van der Waals surface area contributed by atoms with Crippen LogP contribution in [0.1, 0.15) is 16.1 Å². The third-order valence-corrected chi connectivity index (χ3v) is 1.46. The maximum Gasteiger partial charge on any atom is 0.289 e. The van der Waals surface area contributed by atoms with Crippen molar-refractivity contribution >= 4 is 5.91 Å². The fourth-order valence-electron chi connectivity index (χ4n) is 0.795. The lowest BCUT2D eigenvalue weighted by molar-refractivity contribution is 0.0796. The smallest absolute Gasteiger partial charge is 0.289 e. The van der Waals surface area contributed by atoms with E-state index in [1.165, 1.54) is 11.2 Å². The van der Waals surface area contributed by atoms with Gasteiger partial charge in [-0.05, 0) is 13.0 Å². The summed E-state index contributed by atoms with van der Waals surface area (Å²) >= 11 is 0. The normalized spacial score (nSPS) is 9.73. The van der Waals surface area contributed by atoms with Crippen LogP contribution in [0.25, 0.3) is 0 Å². The molecule has 0 N–H and O–H groups in total. The highest BCUT2D eigenvalue weighted by molar-refractivity contribution is 5.92. The fourth-order valence-corrected chi connectivity index (χ4v) is 0.795. The molecule has 0 aromatic carbocycles. The molecule has 1 rings (SSSR count). The predicted octanol–water partition coefficient (Wildman–Crippen LogP) is 1.29. The molecule has 1 aromatic heterocycles. The van der Waals surface area contributed by atoms with Gasteiger partial charge in [-0.15, -0.1) is 0 Å². The van der Waals surface area contributed by atoms with Crippen molar-refractivity contribution in [3.63, 3.8) is 0 Å². The zero-order valence-electron chi connectivity index (χ0n) is 6.92. The fraction of sp³-hybridized carbons (Fsp3) is 0.375. The van der Waals surface area contributed by atoms with Gasteiger partial charge < -0.3 is 9.32 Å². The van der Waals surface area contributed by atoms with Gasteiger partial charge >= 0.3 is 0 Å². The van der Waals surface area contributed by atoms with E-state index in [9.17, 15) is 4.79 Å². The number of carbonyl (C=O) groups is 1. The molecule has 0 aliphatic heterocycles. The molecule has 0 fully saturated rings. The van der Waals surface area contributed by atoms with Crippen LogP contribution in [0.4, 0.5) is 0 Å². The number of aryl methyl sites for hydroxylation is 1. The average Bonchev–Trinajstić information content (AvgIpc) is 2.33. The molecule has 0 saturated carbocycles. The van der Waals surface area contributed by atoms with Gasteiger partial charge in [0, 0.05) is 19.7 Å². The number of hydrogen-bond acceptors (Lipinski definition) is 2.